The lowest BCUT2D eigenvalue weighted by atomic mass is 10.1. The van der Waals surface area contributed by atoms with Crippen molar-refractivity contribution < 1.29 is 23.8 Å². The SMILES string of the molecule is COc1cc(C(=O)N[C@@H]2CCC[C@H]2O)ccc1Nc1nc(OC2CCCC2)c2c(-c3ccc4nc(C)oc4c3)c[nH]c2n1. The molecule has 0 aliphatic heterocycles. The van der Waals surface area contributed by atoms with E-state index in [1.54, 1.807) is 25.3 Å². The van der Waals surface area contributed by atoms with Gasteiger partial charge >= 0.3 is 0 Å². The number of carbonyl (C=O) groups excluding carboxylic acids is 1. The van der Waals surface area contributed by atoms with Gasteiger partial charge in [0.25, 0.3) is 5.91 Å². The van der Waals surface area contributed by atoms with Crippen LogP contribution in [0.15, 0.2) is 47.0 Å². The van der Waals surface area contributed by atoms with Gasteiger partial charge in [-0.2, -0.15) is 9.97 Å². The fourth-order valence-electron chi connectivity index (χ4n) is 6.16. The average Bonchev–Trinajstić information content (AvgIpc) is 3.81. The van der Waals surface area contributed by atoms with Gasteiger partial charge in [-0.1, -0.05) is 6.07 Å². The number of amides is 1. The lowest BCUT2D eigenvalue weighted by Gasteiger charge is -2.18. The molecular weight excluding hydrogens is 548 g/mol. The number of hydrogen-bond donors (Lipinski definition) is 4. The summed E-state index contributed by atoms with van der Waals surface area (Å²) in [7, 11) is 1.55. The maximum Gasteiger partial charge on any atom is 0.251 e. The van der Waals surface area contributed by atoms with Crippen LogP contribution >= 0.6 is 0 Å². The Bertz CT molecular complexity index is 1810. The second-order valence-electron chi connectivity index (χ2n) is 11.3. The molecule has 1 amide bonds. The number of rotatable bonds is 8. The van der Waals surface area contributed by atoms with Crippen molar-refractivity contribution in [1.29, 1.82) is 0 Å². The summed E-state index contributed by atoms with van der Waals surface area (Å²) in [5.41, 5.74) is 5.03. The van der Waals surface area contributed by atoms with Gasteiger partial charge in [-0.05, 0) is 80.8 Å². The molecule has 2 aliphatic carbocycles. The molecule has 3 aromatic heterocycles. The van der Waals surface area contributed by atoms with Gasteiger partial charge in [0, 0.05) is 24.2 Å². The van der Waals surface area contributed by atoms with Crippen LogP contribution in [0, 0.1) is 6.92 Å². The first-order valence-corrected chi connectivity index (χ1v) is 14.8. The summed E-state index contributed by atoms with van der Waals surface area (Å²) in [6.07, 6.45) is 8.05. The number of aliphatic hydroxyl groups excluding tert-OH is 1. The predicted octanol–water partition coefficient (Wildman–Crippen LogP) is 5.79. The predicted molar refractivity (Wildman–Crippen MR) is 162 cm³/mol. The molecule has 43 heavy (non-hydrogen) atoms. The zero-order valence-corrected chi connectivity index (χ0v) is 24.1. The number of nitrogens with zero attached hydrogens (tertiary/aromatic N) is 3. The van der Waals surface area contributed by atoms with Crippen LogP contribution in [0.25, 0.3) is 33.3 Å². The zero-order valence-electron chi connectivity index (χ0n) is 24.1. The first-order valence-electron chi connectivity index (χ1n) is 14.8. The minimum Gasteiger partial charge on any atom is -0.495 e. The average molecular weight is 583 g/mol. The Balaban J connectivity index is 1.21. The topological polar surface area (TPSA) is 147 Å². The van der Waals surface area contributed by atoms with E-state index >= 15 is 0 Å². The van der Waals surface area contributed by atoms with Crippen molar-refractivity contribution in [3.05, 3.63) is 54.0 Å². The molecule has 222 valence electrons. The number of carbonyl (C=O) groups is 1. The number of aliphatic hydroxyl groups is 1. The second kappa shape index (κ2) is 11.2. The summed E-state index contributed by atoms with van der Waals surface area (Å²) in [5.74, 6) is 1.66. The highest BCUT2D eigenvalue weighted by molar-refractivity contribution is 5.99. The van der Waals surface area contributed by atoms with Gasteiger partial charge in [0.05, 0.1) is 30.3 Å². The molecular formula is C32H34N6O5. The highest BCUT2D eigenvalue weighted by Gasteiger charge is 2.27. The molecule has 0 bridgehead atoms. The summed E-state index contributed by atoms with van der Waals surface area (Å²) < 4.78 is 17.9. The van der Waals surface area contributed by atoms with Crippen LogP contribution in [0.4, 0.5) is 11.6 Å². The number of aromatic nitrogens is 4. The van der Waals surface area contributed by atoms with Crippen molar-refractivity contribution in [1.82, 2.24) is 25.3 Å². The van der Waals surface area contributed by atoms with Crippen LogP contribution in [-0.2, 0) is 0 Å². The van der Waals surface area contributed by atoms with E-state index in [1.165, 1.54) is 0 Å². The fourth-order valence-corrected chi connectivity index (χ4v) is 6.16. The quantitative estimate of drug-likeness (QED) is 0.178. The Morgan fingerprint density at radius 2 is 1.91 bits per heavy atom. The van der Waals surface area contributed by atoms with Gasteiger partial charge in [0.1, 0.15) is 23.0 Å². The van der Waals surface area contributed by atoms with Gasteiger partial charge in [-0.3, -0.25) is 4.79 Å². The summed E-state index contributed by atoms with van der Waals surface area (Å²) in [5, 5.41) is 17.1. The molecule has 2 fully saturated rings. The van der Waals surface area contributed by atoms with Crippen molar-refractivity contribution in [2.45, 2.75) is 70.1 Å². The number of fused-ring (bicyclic) bond motifs is 2. The maximum atomic E-state index is 12.9. The van der Waals surface area contributed by atoms with Gasteiger partial charge in [-0.15, -0.1) is 0 Å². The molecule has 7 rings (SSSR count). The van der Waals surface area contributed by atoms with Crippen molar-refractivity contribution in [3.8, 4) is 22.8 Å². The van der Waals surface area contributed by atoms with E-state index in [0.29, 0.717) is 52.4 Å². The summed E-state index contributed by atoms with van der Waals surface area (Å²) in [4.78, 5) is 30.2. The van der Waals surface area contributed by atoms with Gasteiger partial charge < -0.3 is 34.6 Å². The van der Waals surface area contributed by atoms with Crippen LogP contribution < -0.4 is 20.1 Å². The van der Waals surface area contributed by atoms with E-state index in [0.717, 1.165) is 60.6 Å². The van der Waals surface area contributed by atoms with Gasteiger partial charge in [-0.25, -0.2) is 4.98 Å². The number of methoxy groups -OCH3 is 1. The van der Waals surface area contributed by atoms with Crippen LogP contribution in [-0.4, -0.2) is 56.3 Å². The third kappa shape index (κ3) is 5.36. The van der Waals surface area contributed by atoms with Gasteiger partial charge in [0.15, 0.2) is 11.5 Å². The molecule has 0 unspecified atom stereocenters. The van der Waals surface area contributed by atoms with E-state index < -0.39 is 6.10 Å². The maximum absolute atomic E-state index is 12.9. The highest BCUT2D eigenvalue weighted by atomic mass is 16.5. The van der Waals surface area contributed by atoms with Crippen molar-refractivity contribution >= 4 is 39.7 Å². The van der Waals surface area contributed by atoms with E-state index in [1.807, 2.05) is 31.3 Å². The molecule has 0 saturated heterocycles. The summed E-state index contributed by atoms with van der Waals surface area (Å²) >= 11 is 0. The van der Waals surface area contributed by atoms with E-state index in [4.69, 9.17) is 23.9 Å². The molecule has 0 radical (unpaired) electrons. The van der Waals surface area contributed by atoms with E-state index in [2.05, 4.69) is 20.6 Å². The van der Waals surface area contributed by atoms with Crippen LogP contribution in [0.2, 0.25) is 0 Å². The summed E-state index contributed by atoms with van der Waals surface area (Å²) in [6, 6.07) is 10.8. The Hall–Kier alpha value is -4.64. The normalized spacial score (nSPS) is 18.9. The van der Waals surface area contributed by atoms with Crippen LogP contribution in [0.5, 0.6) is 11.6 Å². The minimum absolute atomic E-state index is 0.0822. The number of aromatic amines is 1. The monoisotopic (exact) mass is 582 g/mol. The second-order valence-corrected chi connectivity index (χ2v) is 11.3. The van der Waals surface area contributed by atoms with Crippen molar-refractivity contribution in [3.63, 3.8) is 0 Å². The number of aryl methyl sites for hydroxylation is 1. The molecule has 2 atom stereocenters. The first-order chi connectivity index (χ1) is 20.9. The first kappa shape index (κ1) is 27.2. The molecule has 0 spiro atoms. The Morgan fingerprint density at radius 1 is 1.05 bits per heavy atom. The largest absolute Gasteiger partial charge is 0.495 e. The molecule has 11 nitrogen and oxygen atoms in total. The lowest BCUT2D eigenvalue weighted by Crippen LogP contribution is -2.39. The molecule has 5 aromatic rings. The number of ether oxygens (including phenoxy) is 2. The molecule has 3 heterocycles. The van der Waals surface area contributed by atoms with E-state index in [-0.39, 0.29) is 18.1 Å². The number of anilines is 2. The van der Waals surface area contributed by atoms with Crippen LogP contribution in [0.1, 0.15) is 61.2 Å². The summed E-state index contributed by atoms with van der Waals surface area (Å²) in [6.45, 7) is 1.83. The molecule has 4 N–H and O–H groups in total. The Kier molecular flexibility index (Phi) is 7.10. The third-order valence-electron chi connectivity index (χ3n) is 8.39. The number of H-pyrrole nitrogens is 1. The molecule has 2 aliphatic rings. The lowest BCUT2D eigenvalue weighted by molar-refractivity contribution is 0.0873. The highest BCUT2D eigenvalue weighted by Crippen LogP contribution is 2.38. The standard InChI is InChI=1S/C32H34N6O5/c1-17-34-24-12-10-18(14-27(24)42-17)21-16-33-29-28(21)31(43-20-6-3-4-7-20)38-32(37-29)36-23-13-11-19(15-26(23)41-2)30(40)35-22-8-5-9-25(22)39/h10-16,20,22,25,39H,3-9H2,1-2H3,(H,35,40)(H2,33,36,37,38)/t22-,25-/m1/s1. The third-order valence-corrected chi connectivity index (χ3v) is 8.39. The number of oxazole rings is 1. The van der Waals surface area contributed by atoms with Gasteiger partial charge in [0.2, 0.25) is 11.8 Å². The number of nitrogens with one attached hydrogen (secondary N) is 3. The smallest absolute Gasteiger partial charge is 0.251 e. The Morgan fingerprint density at radius 3 is 2.70 bits per heavy atom. The molecule has 2 aromatic carbocycles. The van der Waals surface area contributed by atoms with Crippen molar-refractivity contribution in [2.75, 3.05) is 12.4 Å². The Labute approximate surface area is 248 Å². The molecule has 11 heteroatoms. The van der Waals surface area contributed by atoms with Crippen LogP contribution in [0.3, 0.4) is 0 Å². The number of hydrogen-bond acceptors (Lipinski definition) is 9. The van der Waals surface area contributed by atoms with Crippen molar-refractivity contribution in [2.24, 2.45) is 0 Å². The van der Waals surface area contributed by atoms with E-state index in [9.17, 15) is 9.90 Å². The number of benzene rings is 2. The zero-order chi connectivity index (χ0) is 29.5. The minimum atomic E-state index is -0.512. The fraction of sp³-hybridized carbons (Fsp3) is 0.375. The molecule has 2 saturated carbocycles.